The Labute approximate surface area is 830 Å². The van der Waals surface area contributed by atoms with Gasteiger partial charge in [0.25, 0.3) is 5.91 Å². The van der Waals surface area contributed by atoms with E-state index in [1.165, 1.54) is 91.5 Å². The number of rotatable bonds is 18. The summed E-state index contributed by atoms with van der Waals surface area (Å²) in [6.07, 6.45) is 2.33. The first-order valence-corrected chi connectivity index (χ1v) is 35.9. The summed E-state index contributed by atoms with van der Waals surface area (Å²) in [6.45, 7) is 2.47. The van der Waals surface area contributed by atoms with Crippen LogP contribution in [0.15, 0.2) is 140 Å². The van der Waals surface area contributed by atoms with E-state index in [9.17, 15) is 77.1 Å². The van der Waals surface area contributed by atoms with Crippen LogP contribution in [0.5, 0.6) is 0 Å². The Bertz CT molecular complexity index is 4690. The number of benzene rings is 5. The first kappa shape index (κ1) is 106. The Morgan fingerprint density at radius 1 is 0.482 bits per heavy atom. The van der Waals surface area contributed by atoms with Gasteiger partial charge < -0.3 is 67.1 Å². The average molecular weight is 2700 g/mol. The van der Waals surface area contributed by atoms with E-state index in [1.54, 1.807) is 55.7 Å². The number of amides is 6. The smallest absolute Gasteiger partial charge is 0.414 e. The predicted molar refractivity (Wildman–Crippen MR) is 385 cm³/mol. The zero-order valence-corrected chi connectivity index (χ0v) is 86.4. The van der Waals surface area contributed by atoms with Crippen LogP contribution >= 0.6 is 0 Å². The zero-order chi connectivity index (χ0) is 80.0. The minimum atomic E-state index is -3.58. The van der Waals surface area contributed by atoms with E-state index in [1.807, 2.05) is 4.72 Å². The fraction of sp³-hybridized carbons (Fsp3) is 0.294. The van der Waals surface area contributed by atoms with Crippen LogP contribution in [-0.4, -0.2) is 191 Å². The molecular weight excluding hydrogens is 2620 g/mol. The van der Waals surface area contributed by atoms with Crippen LogP contribution in [0.25, 0.3) is 28.7 Å². The molecule has 7 aromatic rings. The quantitative estimate of drug-likeness (QED) is 0.0408. The van der Waals surface area contributed by atoms with Crippen molar-refractivity contribution in [1.29, 1.82) is 0 Å². The number of hydrogen-bond acceptors (Lipinski definition) is 21. The van der Waals surface area contributed by atoms with E-state index in [-0.39, 0.29) is 331 Å². The molecule has 0 spiro atoms. The number of nitrogens with two attached hydrogens (primary N) is 1. The summed E-state index contributed by atoms with van der Waals surface area (Å²) in [5, 5.41) is 6.78. The van der Waals surface area contributed by atoms with Crippen molar-refractivity contribution in [3.05, 3.63) is 226 Å². The largest absolute Gasteiger partial charge is 0.674 e. The number of carbonyl (C=O) groups excluding carboxylic acids is 8. The first-order valence-electron chi connectivity index (χ1n) is 32.0. The summed E-state index contributed by atoms with van der Waals surface area (Å²) < 4.78 is 146. The number of nitrogens with zero attached hydrogens (tertiary/aromatic N) is 7. The van der Waals surface area contributed by atoms with Crippen LogP contribution in [0.4, 0.5) is 85.7 Å². The van der Waals surface area contributed by atoms with Crippen molar-refractivity contribution in [2.45, 2.75) is 44.1 Å². The Hall–Kier alpha value is -4.52. The van der Waals surface area contributed by atoms with Gasteiger partial charge in [0.1, 0.15) is 66.2 Å². The second-order valence-corrected chi connectivity index (χ2v) is 26.9. The van der Waals surface area contributed by atoms with Gasteiger partial charge in [-0.3, -0.25) is 44.0 Å². The number of aromatic nitrogens is 2. The molecule has 5 atom stereocenters. The third kappa shape index (κ3) is 32.2. The number of esters is 2. The third-order valence-electron chi connectivity index (χ3n) is 15.2. The molecule has 9 N–H and O–H groups in total. The van der Waals surface area contributed by atoms with Crippen LogP contribution < -0.4 is 39.7 Å². The van der Waals surface area contributed by atoms with Crippen LogP contribution in [-0.2, 0) is 59.8 Å². The number of aryl methyl sites for hydroxylation is 1. The van der Waals surface area contributed by atoms with Gasteiger partial charge in [-0.1, -0.05) is 12.1 Å². The molecule has 0 saturated carbocycles. The maximum atomic E-state index is 14.3. The van der Waals surface area contributed by atoms with Crippen molar-refractivity contribution in [2.75, 3.05) is 120 Å². The topological polar surface area (TPSA) is 481 Å². The molecule has 5 fully saturated rings. The van der Waals surface area contributed by atoms with Gasteiger partial charge in [0.05, 0.1) is 109 Å². The Balaban J connectivity index is 0.000000474. The minimum absolute atomic E-state index is 0. The monoisotopic (exact) mass is 2700 g/mol. The van der Waals surface area contributed by atoms with Crippen LogP contribution in [0.3, 0.4) is 0 Å². The number of pyridine rings is 2. The standard InChI is InChI=1S/C17H15FN3O4.C16H14FN4O3.C12H12FN2O4.C11H13FN3O4S.C11H12FN2O2.CH5NO2S.5Ac/c18-15-6-12(21-9-13(7-19)25-17(21)23)3-4-14(15)16(22)24-10-11-2-1-5-20-8-11;17-13-6-11(21-9-12(7-18)24-16(21)23)3-4-14(13)20-15(22)10-2-1-5-19-8-10;1-18-11(16)9-3-2-7(4-10(9)13)15-6-8(5-14)19-12(15)17;1-20(17,18)14-10-3-2-7(4-9(10)12)15-6-8(5-13)19-11(15)16;1-7-2-3-8(4-10(7)12)14-6-9(5-13)16-11(14)15;1-5(2,3)4;;;;;/h1-6,8,13,19H,7,9-10H2;1-6,8,12,18H,7,9H2,(H,20,22);2-4,8,14H,5-6H2,1H3;2-4,8,13-14H,5-6H2,1H3;2-4,9,13H,5-6H2,1H3;1H3,(H2,2,3,4);;;;;/q5*-1;;;;;;/t13-;12-;2*8-;9-;;;;;;/m00000....../s1. The number of cyclic esters (lactones) is 5. The number of methoxy groups -OCH3 is 1. The van der Waals surface area contributed by atoms with Crippen molar-refractivity contribution < 1.29 is 331 Å². The van der Waals surface area contributed by atoms with E-state index < -0.39 is 122 Å². The van der Waals surface area contributed by atoms with Gasteiger partial charge in [-0.2, -0.15) is 0 Å². The fourth-order valence-corrected chi connectivity index (χ4v) is 10.4. The maximum Gasteiger partial charge on any atom is 0.414 e. The predicted octanol–water partition coefficient (Wildman–Crippen LogP) is 10.8. The molecule has 46 heteroatoms. The van der Waals surface area contributed by atoms with Crippen molar-refractivity contribution in [3.63, 3.8) is 0 Å². The summed E-state index contributed by atoms with van der Waals surface area (Å²) in [4.78, 5) is 107. The van der Waals surface area contributed by atoms with E-state index in [0.717, 1.165) is 43.9 Å². The summed E-state index contributed by atoms with van der Waals surface area (Å²) in [5.74, 6) is -5.45. The van der Waals surface area contributed by atoms with Crippen LogP contribution in [0.2, 0.25) is 0 Å². The van der Waals surface area contributed by atoms with E-state index in [2.05, 4.69) is 25.2 Å². The number of nitrogens with one attached hydrogen (secondary N) is 7. The molecule has 0 unspecified atom stereocenters. The molecule has 114 heavy (non-hydrogen) atoms. The number of anilines is 7. The van der Waals surface area contributed by atoms with E-state index in [4.69, 9.17) is 57.1 Å². The molecule has 0 aliphatic carbocycles. The normalized spacial score (nSPS) is 16.9. The van der Waals surface area contributed by atoms with Crippen LogP contribution in [0, 0.1) is 256 Å². The summed E-state index contributed by atoms with van der Waals surface area (Å²) >= 11 is 0. The molecule has 0 bridgehead atoms. The SMILES string of the molecule is COC(=O)c1ccc(N2C[C@H](C[NH-])OC2=O)cc1F.CS(=O)(=O)Nc1ccc(N2C[C@H](C[NH-])OC2=O)cc1F.CS(N)(=O)=O.Cc1ccc(N2C[C@H](C[NH-])OC2=O)cc1F.[Ac].[Ac].[Ac].[Ac].[Ac].[NH-]C[C@H]1CN(c2ccc(C(=O)OCc3cccnc3)c(F)c2)C(=O)O1.[NH-]C[C@H]1CN(c2ccc(NC(=O)c3cccnc3)c(F)c2)C(=O)O1. The summed E-state index contributed by atoms with van der Waals surface area (Å²) in [7, 11) is -5.58. The van der Waals surface area contributed by atoms with Gasteiger partial charge in [0, 0.05) is 251 Å². The molecular formula is C68H71Ac5F5N15O19S2-5. The number of ether oxygens (including phenoxy) is 7. The Morgan fingerprint density at radius 3 is 1.11 bits per heavy atom. The van der Waals surface area contributed by atoms with Gasteiger partial charge in [-0.25, -0.2) is 77.5 Å². The van der Waals surface area contributed by atoms with E-state index >= 15 is 0 Å². The van der Waals surface area contributed by atoms with Crippen LogP contribution in [0.1, 0.15) is 42.2 Å². The average Bonchev–Trinajstić information content (AvgIpc) is 1.66. The van der Waals surface area contributed by atoms with Crippen molar-refractivity contribution in [1.82, 2.24) is 9.97 Å². The molecule has 2 aromatic heterocycles. The van der Waals surface area contributed by atoms with Gasteiger partial charge in [0.2, 0.25) is 20.0 Å². The van der Waals surface area contributed by atoms with Gasteiger partial charge in [-0.05, 0) is 116 Å². The minimum Gasteiger partial charge on any atom is -0.674 e. The van der Waals surface area contributed by atoms with Crippen molar-refractivity contribution >= 4 is 108 Å². The molecule has 5 aliphatic heterocycles. The molecule has 599 valence electrons. The third-order valence-corrected chi connectivity index (χ3v) is 15.8. The molecule has 12 rings (SSSR count). The maximum absolute atomic E-state index is 14.3. The van der Waals surface area contributed by atoms with E-state index in [0.29, 0.717) is 34.6 Å². The Morgan fingerprint density at radius 2 is 0.807 bits per heavy atom. The second kappa shape index (κ2) is 50.5. The van der Waals surface area contributed by atoms with Gasteiger partial charge >= 0.3 is 42.4 Å². The number of halogens is 5. The van der Waals surface area contributed by atoms with Gasteiger partial charge in [0.15, 0.2) is 0 Å². The summed E-state index contributed by atoms with van der Waals surface area (Å²) in [6, 6.07) is 26.5. The number of carbonyl (C=O) groups is 8. The molecule has 7 heterocycles. The number of hydrogen-bond donors (Lipinski definition) is 3. The summed E-state index contributed by atoms with van der Waals surface area (Å²) in [5.41, 5.74) is 38.5. The molecule has 5 aliphatic rings. The molecule has 5 saturated heterocycles. The number of primary sulfonamides is 1. The molecule has 5 aromatic carbocycles. The molecule has 5 radical (unpaired) electrons. The molecule has 34 nitrogen and oxygen atoms in total. The second-order valence-electron chi connectivity index (χ2n) is 23.5. The molecule has 6 amide bonds. The zero-order valence-electron chi connectivity index (χ0n) is 61.0. The van der Waals surface area contributed by atoms with Crippen molar-refractivity contribution in [3.8, 4) is 0 Å². The van der Waals surface area contributed by atoms with Gasteiger partial charge in [-0.15, -0.1) is 32.7 Å². The number of sulfonamides is 2. The fourth-order valence-electron chi connectivity index (χ4n) is 9.86. The first-order chi connectivity index (χ1) is 51.6. The Kier molecular flexibility index (Phi) is 46.8. The van der Waals surface area contributed by atoms with Crippen molar-refractivity contribution in [2.24, 2.45) is 5.14 Å².